The largest absolute Gasteiger partial charge is 0.506 e. The molecule has 2 rings (SSSR count). The average molecular weight is 404 g/mol. The summed E-state index contributed by atoms with van der Waals surface area (Å²) in [4.78, 5) is 2.48. The molecule has 0 spiro atoms. The van der Waals surface area contributed by atoms with Crippen LogP contribution in [0.4, 0.5) is 0 Å². The van der Waals surface area contributed by atoms with E-state index in [9.17, 15) is 5.11 Å². The highest BCUT2D eigenvalue weighted by Crippen LogP contribution is 2.38. The lowest BCUT2D eigenvalue weighted by Crippen LogP contribution is -2.45. The fraction of sp³-hybridized carbons (Fsp3) is 0.467. The topological polar surface area (TPSA) is 35.5 Å². The molecule has 110 valence electrons. The van der Waals surface area contributed by atoms with Gasteiger partial charge in [0.25, 0.3) is 0 Å². The fourth-order valence-electron chi connectivity index (χ4n) is 2.56. The minimum atomic E-state index is 0.253. The number of nitrogens with one attached hydrogen (secondary N) is 1. The highest BCUT2D eigenvalue weighted by Gasteiger charge is 2.23. The molecule has 1 aliphatic rings. The van der Waals surface area contributed by atoms with E-state index >= 15 is 0 Å². The molecule has 0 radical (unpaired) electrons. The van der Waals surface area contributed by atoms with Gasteiger partial charge in [-0.05, 0) is 62.9 Å². The predicted octanol–water partition coefficient (Wildman–Crippen LogP) is 3.83. The van der Waals surface area contributed by atoms with Gasteiger partial charge in [0.1, 0.15) is 5.75 Å². The van der Waals surface area contributed by atoms with Crippen LogP contribution in [0.25, 0.3) is 0 Å². The Morgan fingerprint density at radius 3 is 2.40 bits per heavy atom. The molecule has 5 heteroatoms. The highest BCUT2D eigenvalue weighted by molar-refractivity contribution is 9.11. The second kappa shape index (κ2) is 7.07. The monoisotopic (exact) mass is 402 g/mol. The van der Waals surface area contributed by atoms with Gasteiger partial charge < -0.3 is 10.4 Å². The van der Waals surface area contributed by atoms with E-state index in [0.717, 1.165) is 41.5 Å². The van der Waals surface area contributed by atoms with Crippen LogP contribution in [0.3, 0.4) is 0 Å². The molecule has 0 saturated carbocycles. The maximum Gasteiger partial charge on any atom is 0.143 e. The number of nitrogens with zero attached hydrogens (tertiary/aromatic N) is 1. The smallest absolute Gasteiger partial charge is 0.143 e. The third kappa shape index (κ3) is 3.85. The number of benzene rings is 1. The summed E-state index contributed by atoms with van der Waals surface area (Å²) in [6.45, 7) is 10.2. The van der Waals surface area contributed by atoms with E-state index in [0.29, 0.717) is 6.04 Å². The van der Waals surface area contributed by atoms with Gasteiger partial charge in [-0.2, -0.15) is 0 Å². The molecule has 0 aliphatic carbocycles. The van der Waals surface area contributed by atoms with Crippen molar-refractivity contribution < 1.29 is 5.11 Å². The first-order valence-electron chi connectivity index (χ1n) is 6.76. The quantitative estimate of drug-likeness (QED) is 0.750. The Labute approximate surface area is 137 Å². The van der Waals surface area contributed by atoms with Crippen molar-refractivity contribution in [3.63, 3.8) is 0 Å². The number of hydrogen-bond acceptors (Lipinski definition) is 3. The van der Waals surface area contributed by atoms with Crippen molar-refractivity contribution in [1.29, 1.82) is 0 Å². The minimum absolute atomic E-state index is 0.253. The first-order chi connectivity index (χ1) is 9.49. The van der Waals surface area contributed by atoms with Crippen LogP contribution < -0.4 is 5.32 Å². The van der Waals surface area contributed by atoms with E-state index in [-0.39, 0.29) is 5.75 Å². The van der Waals surface area contributed by atoms with E-state index in [1.165, 1.54) is 11.1 Å². The summed E-state index contributed by atoms with van der Waals surface area (Å²) < 4.78 is 1.45. The van der Waals surface area contributed by atoms with Gasteiger partial charge in [-0.1, -0.05) is 5.57 Å². The first kappa shape index (κ1) is 16.0. The van der Waals surface area contributed by atoms with Gasteiger partial charge in [0, 0.05) is 32.2 Å². The Balaban J connectivity index is 2.32. The van der Waals surface area contributed by atoms with Crippen LogP contribution in [0.1, 0.15) is 24.9 Å². The molecule has 1 aliphatic heterocycles. The maximum atomic E-state index is 9.87. The Hall–Kier alpha value is -0.360. The van der Waals surface area contributed by atoms with E-state index in [2.05, 4.69) is 55.6 Å². The van der Waals surface area contributed by atoms with Gasteiger partial charge in [0.05, 0.1) is 8.95 Å². The van der Waals surface area contributed by atoms with Gasteiger partial charge in [-0.25, -0.2) is 0 Å². The van der Waals surface area contributed by atoms with Crippen LogP contribution in [-0.2, 0) is 0 Å². The second-order valence-electron chi connectivity index (χ2n) is 5.30. The molecular formula is C15H20Br2N2O. The zero-order valence-corrected chi connectivity index (χ0v) is 14.8. The first-order valence-corrected chi connectivity index (χ1v) is 8.34. The maximum absolute atomic E-state index is 9.87. The molecule has 2 N–H and O–H groups in total. The van der Waals surface area contributed by atoms with Crippen LogP contribution in [0.5, 0.6) is 5.75 Å². The lowest BCUT2D eigenvalue weighted by atomic mass is 9.98. The molecule has 20 heavy (non-hydrogen) atoms. The van der Waals surface area contributed by atoms with Gasteiger partial charge in [-0.3, -0.25) is 4.90 Å². The lowest BCUT2D eigenvalue weighted by Gasteiger charge is -2.35. The van der Waals surface area contributed by atoms with Crippen molar-refractivity contribution in [3.8, 4) is 5.75 Å². The molecule has 1 heterocycles. The van der Waals surface area contributed by atoms with Crippen molar-refractivity contribution in [2.45, 2.75) is 19.4 Å². The number of hydrogen-bond donors (Lipinski definition) is 2. The fourth-order valence-corrected chi connectivity index (χ4v) is 3.78. The molecular weight excluding hydrogens is 384 g/mol. The molecule has 1 saturated heterocycles. The molecule has 1 atom stereocenters. The van der Waals surface area contributed by atoms with E-state index in [1.807, 2.05) is 12.1 Å². The van der Waals surface area contributed by atoms with Gasteiger partial charge in [-0.15, -0.1) is 6.58 Å². The number of aromatic hydroxyl groups is 1. The molecule has 0 aromatic heterocycles. The van der Waals surface area contributed by atoms with Gasteiger partial charge >= 0.3 is 0 Å². The SMILES string of the molecule is C=C(C)C[C@@H](c1cc(Br)c(O)c(Br)c1)N1CCNCC1. The summed E-state index contributed by atoms with van der Waals surface area (Å²) in [5.41, 5.74) is 2.38. The van der Waals surface area contributed by atoms with Crippen LogP contribution in [0.15, 0.2) is 33.2 Å². The third-order valence-electron chi connectivity index (χ3n) is 3.56. The van der Waals surface area contributed by atoms with Crippen LogP contribution in [-0.4, -0.2) is 36.2 Å². The number of halogens is 2. The number of phenolic OH excluding ortho intramolecular Hbond substituents is 1. The lowest BCUT2D eigenvalue weighted by molar-refractivity contribution is 0.172. The van der Waals surface area contributed by atoms with E-state index in [4.69, 9.17) is 0 Å². The molecule has 1 fully saturated rings. The molecule has 0 amide bonds. The zero-order chi connectivity index (χ0) is 14.7. The summed E-state index contributed by atoms with van der Waals surface area (Å²) in [5.74, 6) is 0.253. The van der Waals surface area contributed by atoms with Crippen molar-refractivity contribution in [2.24, 2.45) is 0 Å². The van der Waals surface area contributed by atoms with E-state index in [1.54, 1.807) is 0 Å². The van der Waals surface area contributed by atoms with Crippen molar-refractivity contribution in [3.05, 3.63) is 38.8 Å². The molecule has 1 aromatic carbocycles. The molecule has 0 unspecified atom stereocenters. The van der Waals surface area contributed by atoms with Crippen molar-refractivity contribution >= 4 is 31.9 Å². The van der Waals surface area contributed by atoms with Gasteiger partial charge in [0.2, 0.25) is 0 Å². The zero-order valence-electron chi connectivity index (χ0n) is 11.6. The van der Waals surface area contributed by atoms with Crippen LogP contribution in [0, 0.1) is 0 Å². The highest BCUT2D eigenvalue weighted by atomic mass is 79.9. The molecule has 0 bridgehead atoms. The second-order valence-corrected chi connectivity index (χ2v) is 7.00. The Bertz CT molecular complexity index is 476. The number of piperazine rings is 1. The average Bonchev–Trinajstić information content (AvgIpc) is 2.42. The Kier molecular flexibility index (Phi) is 5.66. The Morgan fingerprint density at radius 1 is 1.35 bits per heavy atom. The normalized spacial score (nSPS) is 17.9. The summed E-state index contributed by atoms with van der Waals surface area (Å²) in [5, 5.41) is 13.3. The number of rotatable bonds is 4. The summed E-state index contributed by atoms with van der Waals surface area (Å²) in [7, 11) is 0. The van der Waals surface area contributed by atoms with Crippen molar-refractivity contribution in [2.75, 3.05) is 26.2 Å². The summed E-state index contributed by atoms with van der Waals surface area (Å²) in [6, 6.07) is 4.33. The third-order valence-corrected chi connectivity index (χ3v) is 4.77. The molecule has 1 aromatic rings. The molecule has 3 nitrogen and oxygen atoms in total. The standard InChI is InChI=1S/C15H20Br2N2O/c1-10(2)7-14(19-5-3-18-4-6-19)11-8-12(16)15(20)13(17)9-11/h8-9,14,18,20H,1,3-7H2,2H3/t14-/m0/s1. The minimum Gasteiger partial charge on any atom is -0.506 e. The van der Waals surface area contributed by atoms with Crippen LogP contribution >= 0.6 is 31.9 Å². The van der Waals surface area contributed by atoms with Crippen LogP contribution in [0.2, 0.25) is 0 Å². The van der Waals surface area contributed by atoms with E-state index < -0.39 is 0 Å². The summed E-state index contributed by atoms with van der Waals surface area (Å²) >= 11 is 6.84. The summed E-state index contributed by atoms with van der Waals surface area (Å²) in [6.07, 6.45) is 0.934. The number of phenols is 1. The van der Waals surface area contributed by atoms with Crippen molar-refractivity contribution in [1.82, 2.24) is 10.2 Å². The Morgan fingerprint density at radius 2 is 1.90 bits per heavy atom. The predicted molar refractivity (Wildman–Crippen MR) is 90.1 cm³/mol. The van der Waals surface area contributed by atoms with Gasteiger partial charge in [0.15, 0.2) is 0 Å².